The number of nitrogens with one attached hydrogen (secondary N) is 1. The van der Waals surface area contributed by atoms with Crippen LogP contribution in [-0.4, -0.2) is 18.3 Å². The molecule has 1 aromatic carbocycles. The number of hydrogen-bond acceptors (Lipinski definition) is 2. The van der Waals surface area contributed by atoms with Crippen LogP contribution in [0.1, 0.15) is 50.8 Å². The maximum Gasteiger partial charge on any atom is 0.0482 e. The molecule has 0 saturated carbocycles. The highest BCUT2D eigenvalue weighted by Gasteiger charge is 2.28. The third-order valence-electron chi connectivity index (χ3n) is 4.32. The third-order valence-corrected chi connectivity index (χ3v) is 4.32. The molecular weight excluding hydrogens is 234 g/mol. The molecule has 2 N–H and O–H groups in total. The molecule has 2 unspecified atom stereocenters. The van der Waals surface area contributed by atoms with E-state index in [0.29, 0.717) is 12.0 Å². The Morgan fingerprint density at radius 3 is 2.79 bits per heavy atom. The van der Waals surface area contributed by atoms with E-state index in [1.165, 1.54) is 17.5 Å². The molecule has 0 fully saturated rings. The van der Waals surface area contributed by atoms with Crippen molar-refractivity contribution in [3.8, 4) is 0 Å². The molecule has 0 aliphatic heterocycles. The van der Waals surface area contributed by atoms with E-state index in [1.807, 2.05) is 0 Å². The number of fused-ring (bicyclic) bond motifs is 1. The van der Waals surface area contributed by atoms with Crippen molar-refractivity contribution in [2.45, 2.75) is 46.1 Å². The molecule has 1 aliphatic carbocycles. The highest BCUT2D eigenvalue weighted by atomic mass is 16.3. The van der Waals surface area contributed by atoms with Crippen LogP contribution in [0.2, 0.25) is 0 Å². The largest absolute Gasteiger partial charge is 0.396 e. The Morgan fingerprint density at radius 1 is 1.32 bits per heavy atom. The highest BCUT2D eigenvalue weighted by Crippen LogP contribution is 2.35. The van der Waals surface area contributed by atoms with E-state index in [0.717, 1.165) is 19.4 Å². The number of benzene rings is 1. The van der Waals surface area contributed by atoms with Crippen molar-refractivity contribution in [2.75, 3.05) is 13.2 Å². The summed E-state index contributed by atoms with van der Waals surface area (Å²) in [4.78, 5) is 0. The van der Waals surface area contributed by atoms with Crippen LogP contribution in [-0.2, 0) is 6.42 Å². The lowest BCUT2D eigenvalue weighted by atomic mass is 9.89. The lowest BCUT2D eigenvalue weighted by Crippen LogP contribution is -2.26. The molecule has 0 saturated heterocycles. The van der Waals surface area contributed by atoms with Crippen LogP contribution in [0.3, 0.4) is 0 Å². The van der Waals surface area contributed by atoms with Gasteiger partial charge in [-0.3, -0.25) is 0 Å². The summed E-state index contributed by atoms with van der Waals surface area (Å²) in [5, 5.41) is 13.0. The average molecular weight is 261 g/mol. The van der Waals surface area contributed by atoms with Gasteiger partial charge in [-0.15, -0.1) is 0 Å². The van der Waals surface area contributed by atoms with Gasteiger partial charge in [-0.1, -0.05) is 45.0 Å². The standard InChI is InChI=1S/C17H27NO/c1-13-11-14-7-4-5-8-15(14)16(13)18-10-6-9-17(2,3)12-19/h4-5,7-8,13,16,18-19H,6,9-12H2,1-3H3. The van der Waals surface area contributed by atoms with Crippen molar-refractivity contribution in [1.82, 2.24) is 5.32 Å². The molecule has 0 radical (unpaired) electrons. The SMILES string of the molecule is CC1Cc2ccccc2C1NCCCC(C)(C)CO. The van der Waals surface area contributed by atoms with Crippen LogP contribution in [0.5, 0.6) is 0 Å². The molecule has 1 aromatic rings. The van der Waals surface area contributed by atoms with E-state index in [-0.39, 0.29) is 12.0 Å². The zero-order valence-electron chi connectivity index (χ0n) is 12.4. The maximum absolute atomic E-state index is 9.26. The fourth-order valence-electron chi connectivity index (χ4n) is 3.01. The molecular formula is C17H27NO. The predicted octanol–water partition coefficient (Wildman–Crippen LogP) is 3.31. The van der Waals surface area contributed by atoms with Gasteiger partial charge in [0.1, 0.15) is 0 Å². The number of rotatable bonds is 6. The third kappa shape index (κ3) is 3.58. The molecule has 19 heavy (non-hydrogen) atoms. The molecule has 2 heteroatoms. The van der Waals surface area contributed by atoms with E-state index in [2.05, 4.69) is 50.4 Å². The van der Waals surface area contributed by atoms with Gasteiger partial charge in [0.15, 0.2) is 0 Å². The van der Waals surface area contributed by atoms with Crippen LogP contribution >= 0.6 is 0 Å². The lowest BCUT2D eigenvalue weighted by molar-refractivity contribution is 0.147. The first kappa shape index (κ1) is 14.5. The van der Waals surface area contributed by atoms with Crippen LogP contribution in [0.4, 0.5) is 0 Å². The molecule has 0 bridgehead atoms. The Labute approximate surface area is 117 Å². The zero-order valence-corrected chi connectivity index (χ0v) is 12.4. The molecule has 1 aliphatic rings. The quantitative estimate of drug-likeness (QED) is 0.770. The van der Waals surface area contributed by atoms with Gasteiger partial charge in [0.25, 0.3) is 0 Å². The van der Waals surface area contributed by atoms with Gasteiger partial charge in [-0.25, -0.2) is 0 Å². The normalized spacial score (nSPS) is 22.5. The summed E-state index contributed by atoms with van der Waals surface area (Å²) in [5.41, 5.74) is 3.04. The summed E-state index contributed by atoms with van der Waals surface area (Å²) in [6.45, 7) is 7.89. The second-order valence-corrected chi connectivity index (χ2v) is 6.74. The van der Waals surface area contributed by atoms with Gasteiger partial charge in [-0.05, 0) is 48.3 Å². The van der Waals surface area contributed by atoms with Crippen LogP contribution in [0.25, 0.3) is 0 Å². The minimum Gasteiger partial charge on any atom is -0.396 e. The summed E-state index contributed by atoms with van der Waals surface area (Å²) in [6.07, 6.45) is 3.38. The average Bonchev–Trinajstić information content (AvgIpc) is 2.71. The molecule has 0 amide bonds. The van der Waals surface area contributed by atoms with Crippen LogP contribution in [0.15, 0.2) is 24.3 Å². The predicted molar refractivity (Wildman–Crippen MR) is 80.2 cm³/mol. The first-order valence-electron chi connectivity index (χ1n) is 7.45. The van der Waals surface area contributed by atoms with Crippen molar-refractivity contribution < 1.29 is 5.11 Å². The van der Waals surface area contributed by atoms with Gasteiger partial charge >= 0.3 is 0 Å². The van der Waals surface area contributed by atoms with E-state index in [1.54, 1.807) is 0 Å². The summed E-state index contributed by atoms with van der Waals surface area (Å²) in [6, 6.07) is 9.29. The second-order valence-electron chi connectivity index (χ2n) is 6.74. The van der Waals surface area contributed by atoms with Crippen molar-refractivity contribution >= 4 is 0 Å². The van der Waals surface area contributed by atoms with Gasteiger partial charge < -0.3 is 10.4 Å². The molecule has 106 valence electrons. The van der Waals surface area contributed by atoms with E-state index < -0.39 is 0 Å². The van der Waals surface area contributed by atoms with Crippen molar-refractivity contribution in [3.63, 3.8) is 0 Å². The van der Waals surface area contributed by atoms with Gasteiger partial charge in [0.2, 0.25) is 0 Å². The highest BCUT2D eigenvalue weighted by molar-refractivity contribution is 5.35. The monoisotopic (exact) mass is 261 g/mol. The smallest absolute Gasteiger partial charge is 0.0482 e. The van der Waals surface area contributed by atoms with Crippen molar-refractivity contribution in [3.05, 3.63) is 35.4 Å². The molecule has 2 rings (SSSR count). The van der Waals surface area contributed by atoms with Crippen LogP contribution < -0.4 is 5.32 Å². The number of aliphatic hydroxyl groups excluding tert-OH is 1. The van der Waals surface area contributed by atoms with Crippen molar-refractivity contribution in [1.29, 1.82) is 0 Å². The Bertz CT molecular complexity index is 413. The minimum atomic E-state index is 0.0564. The Hall–Kier alpha value is -0.860. The Kier molecular flexibility index (Phi) is 4.64. The summed E-state index contributed by atoms with van der Waals surface area (Å²) in [5.74, 6) is 0.684. The van der Waals surface area contributed by atoms with Gasteiger partial charge in [-0.2, -0.15) is 0 Å². The van der Waals surface area contributed by atoms with Crippen molar-refractivity contribution in [2.24, 2.45) is 11.3 Å². The number of aliphatic hydroxyl groups is 1. The van der Waals surface area contributed by atoms with E-state index in [9.17, 15) is 5.11 Å². The molecule has 0 aromatic heterocycles. The zero-order chi connectivity index (χ0) is 13.9. The molecule has 2 atom stereocenters. The fourth-order valence-corrected chi connectivity index (χ4v) is 3.01. The molecule has 0 spiro atoms. The topological polar surface area (TPSA) is 32.3 Å². The Balaban J connectivity index is 1.84. The second kappa shape index (κ2) is 6.06. The van der Waals surface area contributed by atoms with Gasteiger partial charge in [0, 0.05) is 12.6 Å². The van der Waals surface area contributed by atoms with Gasteiger partial charge in [0.05, 0.1) is 0 Å². The first-order chi connectivity index (χ1) is 9.03. The molecule has 2 nitrogen and oxygen atoms in total. The van der Waals surface area contributed by atoms with E-state index >= 15 is 0 Å². The van der Waals surface area contributed by atoms with E-state index in [4.69, 9.17) is 0 Å². The fraction of sp³-hybridized carbons (Fsp3) is 0.647. The summed E-state index contributed by atoms with van der Waals surface area (Å²) >= 11 is 0. The maximum atomic E-state index is 9.26. The minimum absolute atomic E-state index is 0.0564. The summed E-state index contributed by atoms with van der Waals surface area (Å²) in [7, 11) is 0. The lowest BCUT2D eigenvalue weighted by Gasteiger charge is -2.23. The summed E-state index contributed by atoms with van der Waals surface area (Å²) < 4.78 is 0. The first-order valence-corrected chi connectivity index (χ1v) is 7.45. The molecule has 0 heterocycles. The number of hydrogen-bond donors (Lipinski definition) is 2. The Morgan fingerprint density at radius 2 is 2.05 bits per heavy atom. The van der Waals surface area contributed by atoms with Crippen LogP contribution in [0, 0.1) is 11.3 Å².